The average molecular weight is 158 g/mol. The highest BCUT2D eigenvalue weighted by Crippen LogP contribution is 2.25. The Labute approximate surface area is 66.0 Å². The van der Waals surface area contributed by atoms with Crippen LogP contribution in [0.2, 0.25) is 0 Å². The van der Waals surface area contributed by atoms with Gasteiger partial charge in [-0.15, -0.1) is 0 Å². The molecular weight excluding hydrogens is 144 g/mol. The second-order valence-electron chi connectivity index (χ2n) is 2.79. The summed E-state index contributed by atoms with van der Waals surface area (Å²) in [6.45, 7) is 0.907. The Morgan fingerprint density at radius 1 is 1.64 bits per heavy atom. The standard InChI is InChI=1S/C7H14N2O2/c8-11-5-4-9-7(10)6-2-1-3-6/h6H,1-5,8H2,(H,9,10). The molecule has 1 rings (SSSR count). The maximum Gasteiger partial charge on any atom is 0.223 e. The molecule has 4 nitrogen and oxygen atoms in total. The molecule has 0 aromatic heterocycles. The SMILES string of the molecule is NOCCNC(=O)C1CCC1. The number of nitrogens with two attached hydrogens (primary N) is 1. The van der Waals surface area contributed by atoms with Gasteiger partial charge in [0.05, 0.1) is 6.61 Å². The molecule has 0 heterocycles. The van der Waals surface area contributed by atoms with E-state index in [0.29, 0.717) is 13.2 Å². The number of carbonyl (C=O) groups is 1. The molecular formula is C7H14N2O2. The highest BCUT2D eigenvalue weighted by atomic mass is 16.6. The van der Waals surface area contributed by atoms with Crippen LogP contribution in [0.4, 0.5) is 0 Å². The maximum atomic E-state index is 11.1. The normalized spacial score (nSPS) is 17.5. The Hall–Kier alpha value is -0.610. The molecule has 11 heavy (non-hydrogen) atoms. The van der Waals surface area contributed by atoms with Gasteiger partial charge in [-0.1, -0.05) is 6.42 Å². The molecule has 1 fully saturated rings. The molecule has 0 saturated heterocycles. The minimum Gasteiger partial charge on any atom is -0.353 e. The summed E-state index contributed by atoms with van der Waals surface area (Å²) < 4.78 is 0. The molecule has 0 atom stereocenters. The first-order chi connectivity index (χ1) is 5.34. The molecule has 4 heteroatoms. The molecule has 0 bridgehead atoms. The first-order valence-electron chi connectivity index (χ1n) is 3.94. The maximum absolute atomic E-state index is 11.1. The van der Waals surface area contributed by atoms with Crippen molar-refractivity contribution in [3.63, 3.8) is 0 Å². The Balaban J connectivity index is 2.01. The molecule has 0 aliphatic heterocycles. The van der Waals surface area contributed by atoms with Crippen LogP contribution in [0.3, 0.4) is 0 Å². The first-order valence-corrected chi connectivity index (χ1v) is 3.94. The van der Waals surface area contributed by atoms with Gasteiger partial charge in [0.1, 0.15) is 0 Å². The van der Waals surface area contributed by atoms with Crippen molar-refractivity contribution in [3.8, 4) is 0 Å². The second-order valence-corrected chi connectivity index (χ2v) is 2.79. The van der Waals surface area contributed by atoms with E-state index in [1.54, 1.807) is 0 Å². The summed E-state index contributed by atoms with van der Waals surface area (Å²) in [5.74, 6) is 5.19. The van der Waals surface area contributed by atoms with Crippen molar-refractivity contribution in [1.29, 1.82) is 0 Å². The lowest BCUT2D eigenvalue weighted by Crippen LogP contribution is -2.36. The van der Waals surface area contributed by atoms with E-state index in [1.165, 1.54) is 6.42 Å². The van der Waals surface area contributed by atoms with E-state index >= 15 is 0 Å². The van der Waals surface area contributed by atoms with Gasteiger partial charge in [-0.3, -0.25) is 4.79 Å². The summed E-state index contributed by atoms with van der Waals surface area (Å²) >= 11 is 0. The minimum absolute atomic E-state index is 0.147. The van der Waals surface area contributed by atoms with Crippen LogP contribution >= 0.6 is 0 Å². The third kappa shape index (κ3) is 2.48. The van der Waals surface area contributed by atoms with Crippen LogP contribution in [0.5, 0.6) is 0 Å². The first kappa shape index (κ1) is 8.49. The van der Waals surface area contributed by atoms with Crippen LogP contribution in [-0.2, 0) is 9.63 Å². The Bertz CT molecular complexity index is 134. The van der Waals surface area contributed by atoms with Crippen LogP contribution in [0.25, 0.3) is 0 Å². The summed E-state index contributed by atoms with van der Waals surface area (Å²) in [5, 5.41) is 2.74. The van der Waals surface area contributed by atoms with Crippen molar-refractivity contribution < 1.29 is 9.63 Å². The van der Waals surface area contributed by atoms with Crippen LogP contribution < -0.4 is 11.2 Å². The van der Waals surface area contributed by atoms with Gasteiger partial charge in [0, 0.05) is 12.5 Å². The molecule has 1 aliphatic rings. The highest BCUT2D eigenvalue weighted by molar-refractivity contribution is 5.79. The molecule has 1 amide bonds. The monoisotopic (exact) mass is 158 g/mol. The molecule has 1 aliphatic carbocycles. The smallest absolute Gasteiger partial charge is 0.223 e. The summed E-state index contributed by atoms with van der Waals surface area (Å²) in [7, 11) is 0. The molecule has 0 spiro atoms. The minimum atomic E-state index is 0.147. The number of amides is 1. The Kier molecular flexibility index (Phi) is 3.32. The van der Waals surface area contributed by atoms with E-state index in [-0.39, 0.29) is 11.8 Å². The van der Waals surface area contributed by atoms with Crippen LogP contribution in [0.1, 0.15) is 19.3 Å². The van der Waals surface area contributed by atoms with Crippen LogP contribution in [0, 0.1) is 5.92 Å². The second kappa shape index (κ2) is 4.31. The van der Waals surface area contributed by atoms with Gasteiger partial charge < -0.3 is 10.2 Å². The van der Waals surface area contributed by atoms with E-state index in [1.807, 2.05) is 0 Å². The molecule has 1 saturated carbocycles. The van der Waals surface area contributed by atoms with Gasteiger partial charge in [-0.05, 0) is 12.8 Å². The highest BCUT2D eigenvalue weighted by Gasteiger charge is 2.24. The van der Waals surface area contributed by atoms with E-state index < -0.39 is 0 Å². The predicted molar refractivity (Wildman–Crippen MR) is 40.5 cm³/mol. The summed E-state index contributed by atoms with van der Waals surface area (Å²) in [6, 6.07) is 0. The van der Waals surface area contributed by atoms with E-state index in [0.717, 1.165) is 12.8 Å². The number of nitrogens with one attached hydrogen (secondary N) is 1. The molecule has 0 unspecified atom stereocenters. The van der Waals surface area contributed by atoms with E-state index in [4.69, 9.17) is 5.90 Å². The number of hydrogen-bond acceptors (Lipinski definition) is 3. The zero-order valence-electron chi connectivity index (χ0n) is 6.51. The van der Waals surface area contributed by atoms with Crippen LogP contribution in [-0.4, -0.2) is 19.1 Å². The van der Waals surface area contributed by atoms with Gasteiger partial charge in [0.2, 0.25) is 5.91 Å². The van der Waals surface area contributed by atoms with Crippen LogP contribution in [0.15, 0.2) is 0 Å². The van der Waals surface area contributed by atoms with E-state index in [9.17, 15) is 4.79 Å². The zero-order chi connectivity index (χ0) is 8.10. The zero-order valence-corrected chi connectivity index (χ0v) is 6.51. The summed E-state index contributed by atoms with van der Waals surface area (Å²) in [6.07, 6.45) is 3.26. The lowest BCUT2D eigenvalue weighted by atomic mass is 9.85. The largest absolute Gasteiger partial charge is 0.353 e. The third-order valence-corrected chi connectivity index (χ3v) is 2.00. The van der Waals surface area contributed by atoms with Crippen molar-refractivity contribution >= 4 is 5.91 Å². The summed E-state index contributed by atoms with van der Waals surface area (Å²) in [5.41, 5.74) is 0. The fourth-order valence-corrected chi connectivity index (χ4v) is 1.05. The summed E-state index contributed by atoms with van der Waals surface area (Å²) in [4.78, 5) is 15.4. The van der Waals surface area contributed by atoms with Crippen molar-refractivity contribution in [2.45, 2.75) is 19.3 Å². The molecule has 0 radical (unpaired) electrons. The van der Waals surface area contributed by atoms with Crippen molar-refractivity contribution in [2.24, 2.45) is 11.8 Å². The van der Waals surface area contributed by atoms with Gasteiger partial charge in [0.25, 0.3) is 0 Å². The molecule has 0 aromatic carbocycles. The Morgan fingerprint density at radius 2 is 2.36 bits per heavy atom. The Morgan fingerprint density at radius 3 is 2.82 bits per heavy atom. The molecule has 64 valence electrons. The molecule has 3 N–H and O–H groups in total. The number of hydrogen-bond donors (Lipinski definition) is 2. The van der Waals surface area contributed by atoms with Crippen molar-refractivity contribution in [1.82, 2.24) is 5.32 Å². The average Bonchev–Trinajstić information content (AvgIpc) is 1.84. The predicted octanol–water partition coefficient (Wildman–Crippen LogP) is -0.207. The third-order valence-electron chi connectivity index (χ3n) is 2.00. The van der Waals surface area contributed by atoms with Crippen molar-refractivity contribution in [3.05, 3.63) is 0 Å². The van der Waals surface area contributed by atoms with Crippen molar-refractivity contribution in [2.75, 3.05) is 13.2 Å². The quantitative estimate of drug-likeness (QED) is 0.439. The number of rotatable bonds is 4. The fourth-order valence-electron chi connectivity index (χ4n) is 1.05. The number of carbonyl (C=O) groups excluding carboxylic acids is 1. The fraction of sp³-hybridized carbons (Fsp3) is 0.857. The lowest BCUT2D eigenvalue weighted by molar-refractivity contribution is -0.127. The lowest BCUT2D eigenvalue weighted by Gasteiger charge is -2.23. The van der Waals surface area contributed by atoms with Gasteiger partial charge in [-0.25, -0.2) is 5.90 Å². The van der Waals surface area contributed by atoms with Gasteiger partial charge >= 0.3 is 0 Å². The topological polar surface area (TPSA) is 64.3 Å². The molecule has 0 aromatic rings. The van der Waals surface area contributed by atoms with Gasteiger partial charge in [0.15, 0.2) is 0 Å². The van der Waals surface area contributed by atoms with Gasteiger partial charge in [-0.2, -0.15) is 0 Å². The van der Waals surface area contributed by atoms with E-state index in [2.05, 4.69) is 10.2 Å².